The van der Waals surface area contributed by atoms with Crippen LogP contribution in [-0.4, -0.2) is 36.2 Å². The highest BCUT2D eigenvalue weighted by atomic mass is 35.5. The zero-order chi connectivity index (χ0) is 16.2. The molecule has 120 valence electrons. The van der Waals surface area contributed by atoms with Gasteiger partial charge in [-0.2, -0.15) is 0 Å². The minimum absolute atomic E-state index is 0.0983. The normalized spacial score (nSPS) is 18.5. The van der Waals surface area contributed by atoms with Crippen molar-refractivity contribution in [1.82, 2.24) is 5.32 Å². The monoisotopic (exact) mass is 325 g/mol. The van der Waals surface area contributed by atoms with Crippen LogP contribution in [0.15, 0.2) is 24.3 Å². The maximum absolute atomic E-state index is 12.8. The van der Waals surface area contributed by atoms with Gasteiger partial charge >= 0.3 is 5.97 Å². The average molecular weight is 326 g/mol. The predicted molar refractivity (Wildman–Crippen MR) is 83.0 cm³/mol. The van der Waals surface area contributed by atoms with Crippen molar-refractivity contribution in [3.63, 3.8) is 0 Å². The van der Waals surface area contributed by atoms with Crippen LogP contribution in [0.1, 0.15) is 31.7 Å². The third kappa shape index (κ3) is 3.78. The largest absolute Gasteiger partial charge is 0.481 e. The van der Waals surface area contributed by atoms with E-state index in [1.807, 2.05) is 12.1 Å². The van der Waals surface area contributed by atoms with Crippen molar-refractivity contribution in [3.05, 3.63) is 34.9 Å². The van der Waals surface area contributed by atoms with E-state index in [0.717, 1.165) is 5.56 Å². The summed E-state index contributed by atoms with van der Waals surface area (Å²) in [5, 5.41) is 12.3. The number of ether oxygens (including phenoxy) is 1. The van der Waals surface area contributed by atoms with E-state index in [0.29, 0.717) is 31.1 Å². The van der Waals surface area contributed by atoms with E-state index in [1.54, 1.807) is 19.1 Å². The second-order valence-corrected chi connectivity index (χ2v) is 6.11. The number of hydrogen-bond donors (Lipinski definition) is 2. The number of carboxylic acid groups (broad SMARTS) is 1. The summed E-state index contributed by atoms with van der Waals surface area (Å²) >= 11 is 5.93. The Morgan fingerprint density at radius 3 is 2.45 bits per heavy atom. The fraction of sp³-hybridized carbons (Fsp3) is 0.500. The number of hydrogen-bond acceptors (Lipinski definition) is 3. The lowest BCUT2D eigenvalue weighted by molar-refractivity contribution is -0.138. The molecule has 0 bridgehead atoms. The first-order valence-corrected chi connectivity index (χ1v) is 7.68. The minimum Gasteiger partial charge on any atom is -0.481 e. The van der Waals surface area contributed by atoms with Crippen molar-refractivity contribution in [3.8, 4) is 0 Å². The molecule has 1 aliphatic rings. The maximum Gasteiger partial charge on any atom is 0.305 e. The molecule has 0 radical (unpaired) electrons. The molecule has 0 spiro atoms. The van der Waals surface area contributed by atoms with Gasteiger partial charge in [0.05, 0.1) is 11.8 Å². The summed E-state index contributed by atoms with van der Waals surface area (Å²) in [5.41, 5.74) is 0.204. The number of benzene rings is 1. The standard InChI is InChI=1S/C16H20ClNO4/c1-11(10-14(19)20)18-15(21)16(6-8-22-9-7-16)12-2-4-13(17)5-3-12/h2-5,11H,6-10H2,1H3,(H,18,21)(H,19,20)/t11-/m1/s1. The Kier molecular flexibility index (Phi) is 5.42. The van der Waals surface area contributed by atoms with E-state index in [4.69, 9.17) is 21.4 Å². The van der Waals surface area contributed by atoms with Crippen molar-refractivity contribution >= 4 is 23.5 Å². The van der Waals surface area contributed by atoms with Crippen molar-refractivity contribution in [2.45, 2.75) is 37.6 Å². The van der Waals surface area contributed by atoms with Crippen LogP contribution in [0.3, 0.4) is 0 Å². The minimum atomic E-state index is -0.930. The first-order valence-electron chi connectivity index (χ1n) is 7.30. The van der Waals surface area contributed by atoms with Crippen LogP contribution in [0.25, 0.3) is 0 Å². The molecule has 1 aliphatic heterocycles. The van der Waals surface area contributed by atoms with Crippen LogP contribution >= 0.6 is 11.6 Å². The highest BCUT2D eigenvalue weighted by Crippen LogP contribution is 2.36. The van der Waals surface area contributed by atoms with Gasteiger partial charge in [0, 0.05) is 24.3 Å². The van der Waals surface area contributed by atoms with Crippen molar-refractivity contribution in [1.29, 1.82) is 0 Å². The molecule has 1 amide bonds. The molecule has 22 heavy (non-hydrogen) atoms. The van der Waals surface area contributed by atoms with Gasteiger partial charge in [0.2, 0.25) is 5.91 Å². The van der Waals surface area contributed by atoms with Crippen LogP contribution in [0.2, 0.25) is 5.02 Å². The molecule has 1 heterocycles. The van der Waals surface area contributed by atoms with Gasteiger partial charge in [0.15, 0.2) is 0 Å². The molecule has 2 N–H and O–H groups in total. The highest BCUT2D eigenvalue weighted by Gasteiger charge is 2.42. The highest BCUT2D eigenvalue weighted by molar-refractivity contribution is 6.30. The molecule has 1 fully saturated rings. The van der Waals surface area contributed by atoms with Gasteiger partial charge < -0.3 is 15.2 Å². The third-order valence-corrected chi connectivity index (χ3v) is 4.29. The van der Waals surface area contributed by atoms with Gasteiger partial charge in [-0.05, 0) is 37.5 Å². The Balaban J connectivity index is 2.23. The van der Waals surface area contributed by atoms with E-state index in [2.05, 4.69) is 5.32 Å². The predicted octanol–water partition coefficient (Wildman–Crippen LogP) is 2.37. The molecular weight excluding hydrogens is 306 g/mol. The number of carboxylic acids is 1. The lowest BCUT2D eigenvalue weighted by Crippen LogP contribution is -2.50. The summed E-state index contributed by atoms with van der Waals surface area (Å²) in [6, 6.07) is 6.82. The van der Waals surface area contributed by atoms with Crippen LogP contribution in [-0.2, 0) is 19.7 Å². The van der Waals surface area contributed by atoms with Gasteiger partial charge in [0.1, 0.15) is 0 Å². The number of halogens is 1. The summed E-state index contributed by atoms with van der Waals surface area (Å²) in [6.07, 6.45) is 1.04. The number of aliphatic carboxylic acids is 1. The summed E-state index contributed by atoms with van der Waals surface area (Å²) in [6.45, 7) is 2.70. The topological polar surface area (TPSA) is 75.6 Å². The zero-order valence-electron chi connectivity index (χ0n) is 12.5. The van der Waals surface area contributed by atoms with Crippen molar-refractivity contribution in [2.24, 2.45) is 0 Å². The Hall–Kier alpha value is -1.59. The average Bonchev–Trinajstić information content (AvgIpc) is 2.47. The fourth-order valence-corrected chi connectivity index (χ4v) is 2.94. The summed E-state index contributed by atoms with van der Waals surface area (Å²) in [4.78, 5) is 23.6. The molecule has 1 aromatic carbocycles. The van der Waals surface area contributed by atoms with Gasteiger partial charge in [-0.25, -0.2) is 0 Å². The Morgan fingerprint density at radius 1 is 1.32 bits per heavy atom. The Bertz CT molecular complexity index is 538. The molecule has 6 heteroatoms. The van der Waals surface area contributed by atoms with Crippen molar-refractivity contribution < 1.29 is 19.4 Å². The molecule has 0 unspecified atom stereocenters. The molecule has 0 saturated carbocycles. The first kappa shape index (κ1) is 16.8. The summed E-state index contributed by atoms with van der Waals surface area (Å²) in [7, 11) is 0. The number of rotatable bonds is 5. The van der Waals surface area contributed by atoms with E-state index in [1.165, 1.54) is 0 Å². The van der Waals surface area contributed by atoms with Gasteiger partial charge in [-0.15, -0.1) is 0 Å². The number of amides is 1. The lowest BCUT2D eigenvalue weighted by Gasteiger charge is -2.37. The van der Waals surface area contributed by atoms with Crippen LogP contribution < -0.4 is 5.32 Å². The van der Waals surface area contributed by atoms with Gasteiger partial charge in [0.25, 0.3) is 0 Å². The van der Waals surface area contributed by atoms with E-state index >= 15 is 0 Å². The SMILES string of the molecule is C[C@H](CC(=O)O)NC(=O)C1(c2ccc(Cl)cc2)CCOCC1. The van der Waals surface area contributed by atoms with Gasteiger partial charge in [-0.1, -0.05) is 23.7 Å². The second kappa shape index (κ2) is 7.11. The smallest absolute Gasteiger partial charge is 0.305 e. The molecule has 1 saturated heterocycles. The zero-order valence-corrected chi connectivity index (χ0v) is 13.2. The van der Waals surface area contributed by atoms with E-state index in [9.17, 15) is 9.59 Å². The van der Waals surface area contributed by atoms with Crippen LogP contribution in [0.4, 0.5) is 0 Å². The molecular formula is C16H20ClNO4. The number of carbonyl (C=O) groups is 2. The first-order chi connectivity index (χ1) is 10.4. The molecule has 2 rings (SSSR count). The molecule has 1 atom stereocenters. The number of nitrogens with one attached hydrogen (secondary N) is 1. The Labute approximate surface area is 134 Å². The molecule has 0 aliphatic carbocycles. The second-order valence-electron chi connectivity index (χ2n) is 5.67. The molecule has 0 aromatic heterocycles. The third-order valence-electron chi connectivity index (χ3n) is 4.04. The van der Waals surface area contributed by atoms with Crippen molar-refractivity contribution in [2.75, 3.05) is 13.2 Å². The van der Waals surface area contributed by atoms with E-state index < -0.39 is 17.4 Å². The van der Waals surface area contributed by atoms with Crippen LogP contribution in [0.5, 0.6) is 0 Å². The summed E-state index contributed by atoms with van der Waals surface area (Å²) < 4.78 is 5.39. The van der Waals surface area contributed by atoms with Crippen LogP contribution in [0, 0.1) is 0 Å². The van der Waals surface area contributed by atoms with Gasteiger partial charge in [-0.3, -0.25) is 9.59 Å². The number of carbonyl (C=O) groups excluding carboxylic acids is 1. The lowest BCUT2D eigenvalue weighted by atomic mass is 9.73. The quantitative estimate of drug-likeness (QED) is 0.871. The van der Waals surface area contributed by atoms with E-state index in [-0.39, 0.29) is 12.3 Å². The fourth-order valence-electron chi connectivity index (χ4n) is 2.81. The maximum atomic E-state index is 12.8. The molecule has 1 aromatic rings. The summed E-state index contributed by atoms with van der Waals surface area (Å²) in [5.74, 6) is -1.08. The Morgan fingerprint density at radius 2 is 1.91 bits per heavy atom. The molecule has 5 nitrogen and oxygen atoms in total.